The Balaban J connectivity index is 1.90. The first-order valence-electron chi connectivity index (χ1n) is 7.51. The van der Waals surface area contributed by atoms with E-state index in [0.717, 1.165) is 12.3 Å². The van der Waals surface area contributed by atoms with E-state index in [0.29, 0.717) is 18.0 Å². The highest BCUT2D eigenvalue weighted by Gasteiger charge is 2.20. The van der Waals surface area contributed by atoms with E-state index < -0.39 is 10.0 Å². The molecule has 0 heterocycles. The number of hydrogen-bond donors (Lipinski definition) is 1. The van der Waals surface area contributed by atoms with Gasteiger partial charge in [-0.25, -0.2) is 13.1 Å². The average molecular weight is 306 g/mol. The summed E-state index contributed by atoms with van der Waals surface area (Å²) in [5, 5.41) is 8.83. The maximum atomic E-state index is 12.2. The molecule has 1 N–H and O–H groups in total. The van der Waals surface area contributed by atoms with E-state index in [-0.39, 0.29) is 4.90 Å². The fourth-order valence-electron chi connectivity index (χ4n) is 3.04. The van der Waals surface area contributed by atoms with Crippen molar-refractivity contribution in [3.05, 3.63) is 29.8 Å². The van der Waals surface area contributed by atoms with Gasteiger partial charge in [0.05, 0.1) is 16.5 Å². The molecule has 0 spiro atoms. The number of nitriles is 1. The van der Waals surface area contributed by atoms with Gasteiger partial charge in [-0.2, -0.15) is 5.26 Å². The van der Waals surface area contributed by atoms with Gasteiger partial charge in [0.2, 0.25) is 10.0 Å². The summed E-state index contributed by atoms with van der Waals surface area (Å²) in [6, 6.07) is 8.08. The van der Waals surface area contributed by atoms with E-state index in [1.54, 1.807) is 12.1 Å². The highest BCUT2D eigenvalue weighted by molar-refractivity contribution is 7.89. The third-order valence-corrected chi connectivity index (χ3v) is 5.62. The van der Waals surface area contributed by atoms with E-state index in [4.69, 9.17) is 5.26 Å². The molecule has 0 amide bonds. The summed E-state index contributed by atoms with van der Waals surface area (Å²) in [4.78, 5) is 0.165. The average Bonchev–Trinajstić information content (AvgIpc) is 2.47. The Morgan fingerprint density at radius 3 is 2.90 bits per heavy atom. The third-order valence-electron chi connectivity index (χ3n) is 4.16. The monoisotopic (exact) mass is 306 g/mol. The third kappa shape index (κ3) is 4.55. The molecular weight excluding hydrogens is 284 g/mol. The molecule has 2 rings (SSSR count). The van der Waals surface area contributed by atoms with Crippen LogP contribution in [0.15, 0.2) is 29.2 Å². The van der Waals surface area contributed by atoms with Gasteiger partial charge < -0.3 is 0 Å². The number of sulfonamides is 1. The first kappa shape index (κ1) is 16.0. The van der Waals surface area contributed by atoms with Crippen LogP contribution >= 0.6 is 0 Å². The molecule has 2 atom stereocenters. The van der Waals surface area contributed by atoms with Gasteiger partial charge in [-0.15, -0.1) is 0 Å². The van der Waals surface area contributed by atoms with Gasteiger partial charge in [0.25, 0.3) is 0 Å². The van der Waals surface area contributed by atoms with E-state index >= 15 is 0 Å². The van der Waals surface area contributed by atoms with E-state index in [9.17, 15) is 8.42 Å². The molecule has 0 saturated heterocycles. The molecule has 5 heteroatoms. The zero-order chi connectivity index (χ0) is 15.3. The van der Waals surface area contributed by atoms with Crippen LogP contribution in [0.5, 0.6) is 0 Å². The van der Waals surface area contributed by atoms with E-state index in [1.807, 2.05) is 6.07 Å². The van der Waals surface area contributed by atoms with Crippen molar-refractivity contribution < 1.29 is 8.42 Å². The van der Waals surface area contributed by atoms with Crippen LogP contribution in [0.4, 0.5) is 0 Å². The van der Waals surface area contributed by atoms with Crippen LogP contribution < -0.4 is 4.72 Å². The van der Waals surface area contributed by atoms with Crippen LogP contribution in [0.1, 0.15) is 44.6 Å². The van der Waals surface area contributed by atoms with Gasteiger partial charge in [-0.3, -0.25) is 0 Å². The predicted molar refractivity (Wildman–Crippen MR) is 82.1 cm³/mol. The Morgan fingerprint density at radius 2 is 2.19 bits per heavy atom. The van der Waals surface area contributed by atoms with Crippen LogP contribution in [0, 0.1) is 23.2 Å². The SMILES string of the molecule is CC1CCCC(CCNS(=O)(=O)c2cccc(C#N)c2)C1. The Bertz CT molecular complexity index is 619. The lowest BCUT2D eigenvalue weighted by Gasteiger charge is -2.26. The van der Waals surface area contributed by atoms with Gasteiger partial charge in [0.15, 0.2) is 0 Å². The second-order valence-electron chi connectivity index (χ2n) is 5.96. The molecule has 1 fully saturated rings. The highest BCUT2D eigenvalue weighted by Crippen LogP contribution is 2.30. The molecule has 1 saturated carbocycles. The summed E-state index contributed by atoms with van der Waals surface area (Å²) >= 11 is 0. The van der Waals surface area contributed by atoms with Crippen LogP contribution in [-0.2, 0) is 10.0 Å². The van der Waals surface area contributed by atoms with Crippen molar-refractivity contribution in [2.75, 3.05) is 6.54 Å². The number of benzene rings is 1. The Hall–Kier alpha value is -1.38. The predicted octanol–water partition coefficient (Wildman–Crippen LogP) is 3.05. The Kier molecular flexibility index (Phi) is 5.38. The number of rotatable bonds is 5. The van der Waals surface area contributed by atoms with Crippen LogP contribution in [0.3, 0.4) is 0 Å². The maximum absolute atomic E-state index is 12.2. The summed E-state index contributed by atoms with van der Waals surface area (Å²) in [6.45, 7) is 2.74. The normalized spacial score (nSPS) is 22.7. The molecular formula is C16H22N2O2S. The molecule has 21 heavy (non-hydrogen) atoms. The molecule has 1 aromatic carbocycles. The lowest BCUT2D eigenvalue weighted by atomic mass is 9.81. The standard InChI is InChI=1S/C16H22N2O2S/c1-13-4-2-5-14(10-13)8-9-18-21(19,20)16-7-3-6-15(11-16)12-17/h3,6-7,11,13-14,18H,2,4-5,8-10H2,1H3. The van der Waals surface area contributed by atoms with E-state index in [1.165, 1.54) is 37.8 Å². The second-order valence-corrected chi connectivity index (χ2v) is 7.73. The molecule has 2 unspecified atom stereocenters. The second kappa shape index (κ2) is 7.06. The number of nitrogens with zero attached hydrogens (tertiary/aromatic N) is 1. The first-order chi connectivity index (χ1) is 10.0. The zero-order valence-corrected chi connectivity index (χ0v) is 13.2. The maximum Gasteiger partial charge on any atom is 0.240 e. The number of nitrogens with one attached hydrogen (secondary N) is 1. The lowest BCUT2D eigenvalue weighted by Crippen LogP contribution is -2.27. The van der Waals surface area contributed by atoms with Gasteiger partial charge in [0.1, 0.15) is 0 Å². The van der Waals surface area contributed by atoms with Crippen molar-refractivity contribution in [1.82, 2.24) is 4.72 Å². The highest BCUT2D eigenvalue weighted by atomic mass is 32.2. The molecule has 0 radical (unpaired) electrons. The minimum Gasteiger partial charge on any atom is -0.211 e. The molecule has 0 bridgehead atoms. The molecule has 1 aromatic rings. The van der Waals surface area contributed by atoms with Gasteiger partial charge in [-0.1, -0.05) is 32.3 Å². The largest absolute Gasteiger partial charge is 0.240 e. The summed E-state index contributed by atoms with van der Waals surface area (Å²) in [5.41, 5.74) is 0.360. The molecule has 4 nitrogen and oxygen atoms in total. The molecule has 0 aromatic heterocycles. The minimum atomic E-state index is -3.51. The Morgan fingerprint density at radius 1 is 1.38 bits per heavy atom. The smallest absolute Gasteiger partial charge is 0.211 e. The van der Waals surface area contributed by atoms with Crippen LogP contribution in [0.2, 0.25) is 0 Å². The van der Waals surface area contributed by atoms with Crippen LogP contribution in [0.25, 0.3) is 0 Å². The zero-order valence-electron chi connectivity index (χ0n) is 12.4. The van der Waals surface area contributed by atoms with Crippen molar-refractivity contribution in [3.8, 4) is 6.07 Å². The van der Waals surface area contributed by atoms with Crippen molar-refractivity contribution in [1.29, 1.82) is 5.26 Å². The summed E-state index contributed by atoms with van der Waals surface area (Å²) in [7, 11) is -3.51. The Labute approximate surface area is 127 Å². The van der Waals surface area contributed by atoms with Gasteiger partial charge in [0, 0.05) is 6.54 Å². The molecule has 114 valence electrons. The van der Waals surface area contributed by atoms with E-state index in [2.05, 4.69) is 11.6 Å². The quantitative estimate of drug-likeness (QED) is 0.909. The fraction of sp³-hybridized carbons (Fsp3) is 0.562. The molecule has 0 aliphatic heterocycles. The molecule has 1 aliphatic rings. The van der Waals surface area contributed by atoms with Crippen LogP contribution in [-0.4, -0.2) is 15.0 Å². The van der Waals surface area contributed by atoms with Gasteiger partial charge in [-0.05, 0) is 42.9 Å². The minimum absolute atomic E-state index is 0.165. The fourth-order valence-corrected chi connectivity index (χ4v) is 4.13. The summed E-state index contributed by atoms with van der Waals surface area (Å²) in [5.74, 6) is 1.38. The topological polar surface area (TPSA) is 70.0 Å². The van der Waals surface area contributed by atoms with Crippen molar-refractivity contribution in [3.63, 3.8) is 0 Å². The van der Waals surface area contributed by atoms with Gasteiger partial charge >= 0.3 is 0 Å². The van der Waals surface area contributed by atoms with Crippen molar-refractivity contribution >= 4 is 10.0 Å². The summed E-state index contributed by atoms with van der Waals surface area (Å²) in [6.07, 6.45) is 5.84. The van der Waals surface area contributed by atoms with Crippen molar-refractivity contribution in [2.24, 2.45) is 11.8 Å². The molecule has 1 aliphatic carbocycles. The number of hydrogen-bond acceptors (Lipinski definition) is 3. The lowest BCUT2D eigenvalue weighted by molar-refractivity contribution is 0.271. The summed E-state index contributed by atoms with van der Waals surface area (Å²) < 4.78 is 27.0. The van der Waals surface area contributed by atoms with Crippen molar-refractivity contribution in [2.45, 2.75) is 43.9 Å². The first-order valence-corrected chi connectivity index (χ1v) is 8.99.